The number of halogens is 2. The molecule has 0 aliphatic rings. The maximum absolute atomic E-state index is 13.6. The quantitative estimate of drug-likeness (QED) is 0.904. The van der Waals surface area contributed by atoms with E-state index in [4.69, 9.17) is 16.3 Å². The summed E-state index contributed by atoms with van der Waals surface area (Å²) in [5.74, 6) is -0.0482. The van der Waals surface area contributed by atoms with Crippen molar-refractivity contribution < 1.29 is 13.9 Å². The van der Waals surface area contributed by atoms with Gasteiger partial charge in [-0.1, -0.05) is 23.7 Å². The smallest absolute Gasteiger partial charge is 0.224 e. The molecule has 1 amide bonds. The van der Waals surface area contributed by atoms with E-state index < -0.39 is 5.82 Å². The maximum Gasteiger partial charge on any atom is 0.224 e. The first-order chi connectivity index (χ1) is 10.1. The summed E-state index contributed by atoms with van der Waals surface area (Å²) in [5.41, 5.74) is 1.12. The van der Waals surface area contributed by atoms with Crippen LogP contribution in [-0.4, -0.2) is 13.0 Å². The van der Waals surface area contributed by atoms with Crippen molar-refractivity contribution in [3.8, 4) is 5.75 Å². The predicted octanol–water partition coefficient (Wildman–Crippen LogP) is 4.06. The molecule has 0 aliphatic heterocycles. The summed E-state index contributed by atoms with van der Waals surface area (Å²) < 4.78 is 18.7. The monoisotopic (exact) mass is 307 g/mol. The van der Waals surface area contributed by atoms with Crippen molar-refractivity contribution in [3.05, 3.63) is 58.9 Å². The summed E-state index contributed by atoms with van der Waals surface area (Å²) >= 11 is 5.66. The van der Waals surface area contributed by atoms with Gasteiger partial charge in [0.25, 0.3) is 0 Å². The number of ether oxygens (including phenoxy) is 1. The van der Waals surface area contributed by atoms with E-state index in [-0.39, 0.29) is 18.0 Å². The summed E-state index contributed by atoms with van der Waals surface area (Å²) in [6.07, 6.45) is 0.813. The number of amides is 1. The number of hydrogen-bond donors (Lipinski definition) is 1. The average Bonchev–Trinajstić information content (AvgIpc) is 2.48. The summed E-state index contributed by atoms with van der Waals surface area (Å²) in [6, 6.07) is 11.6. The standard InChI is InChI=1S/C16H15ClFNO2/c1-21-13-4-2-3-11(9-13)5-8-16(20)19-15-7-6-12(17)10-14(15)18/h2-4,6-7,9-10H,5,8H2,1H3,(H,19,20). The highest BCUT2D eigenvalue weighted by Crippen LogP contribution is 2.19. The third-order valence-electron chi connectivity index (χ3n) is 2.98. The van der Waals surface area contributed by atoms with Crippen molar-refractivity contribution in [1.82, 2.24) is 0 Å². The van der Waals surface area contributed by atoms with Gasteiger partial charge in [-0.2, -0.15) is 0 Å². The van der Waals surface area contributed by atoms with E-state index in [1.54, 1.807) is 7.11 Å². The van der Waals surface area contributed by atoms with Gasteiger partial charge in [0, 0.05) is 11.4 Å². The molecule has 0 spiro atoms. The van der Waals surface area contributed by atoms with Crippen molar-refractivity contribution >= 4 is 23.2 Å². The van der Waals surface area contributed by atoms with Crippen LogP contribution in [0, 0.1) is 5.82 Å². The minimum absolute atomic E-state index is 0.134. The third kappa shape index (κ3) is 4.46. The SMILES string of the molecule is COc1cccc(CCC(=O)Nc2ccc(Cl)cc2F)c1. The number of rotatable bonds is 5. The summed E-state index contributed by atoms with van der Waals surface area (Å²) in [5, 5.41) is 2.83. The Balaban J connectivity index is 1.92. The fourth-order valence-electron chi connectivity index (χ4n) is 1.89. The Morgan fingerprint density at radius 2 is 2.10 bits per heavy atom. The van der Waals surface area contributed by atoms with Crippen molar-refractivity contribution in [1.29, 1.82) is 0 Å². The Morgan fingerprint density at radius 1 is 1.29 bits per heavy atom. The number of nitrogens with one attached hydrogen (secondary N) is 1. The topological polar surface area (TPSA) is 38.3 Å². The van der Waals surface area contributed by atoms with Crippen LogP contribution in [0.1, 0.15) is 12.0 Å². The van der Waals surface area contributed by atoms with E-state index in [9.17, 15) is 9.18 Å². The van der Waals surface area contributed by atoms with E-state index >= 15 is 0 Å². The predicted molar refractivity (Wildman–Crippen MR) is 81.4 cm³/mol. The van der Waals surface area contributed by atoms with Gasteiger partial charge in [0.1, 0.15) is 11.6 Å². The molecule has 21 heavy (non-hydrogen) atoms. The molecular weight excluding hydrogens is 293 g/mol. The molecule has 0 saturated carbocycles. The third-order valence-corrected chi connectivity index (χ3v) is 3.22. The zero-order valence-electron chi connectivity index (χ0n) is 11.5. The molecule has 2 aromatic rings. The van der Waals surface area contributed by atoms with Gasteiger partial charge in [-0.3, -0.25) is 4.79 Å². The van der Waals surface area contributed by atoms with Gasteiger partial charge in [-0.15, -0.1) is 0 Å². The van der Waals surface area contributed by atoms with E-state index in [0.717, 1.165) is 11.3 Å². The van der Waals surface area contributed by atoms with E-state index in [1.807, 2.05) is 24.3 Å². The lowest BCUT2D eigenvalue weighted by molar-refractivity contribution is -0.116. The molecule has 1 N–H and O–H groups in total. The van der Waals surface area contributed by atoms with Gasteiger partial charge in [0.2, 0.25) is 5.91 Å². The fraction of sp³-hybridized carbons (Fsp3) is 0.188. The van der Waals surface area contributed by atoms with E-state index in [1.165, 1.54) is 18.2 Å². The molecule has 0 bridgehead atoms. The molecule has 0 radical (unpaired) electrons. The Bertz CT molecular complexity index is 646. The Hall–Kier alpha value is -2.07. The Labute approximate surface area is 127 Å². The molecule has 3 nitrogen and oxygen atoms in total. The van der Waals surface area contributed by atoms with Gasteiger partial charge in [-0.25, -0.2) is 4.39 Å². The van der Waals surface area contributed by atoms with Crippen molar-refractivity contribution in [2.75, 3.05) is 12.4 Å². The van der Waals surface area contributed by atoms with Gasteiger partial charge in [0.15, 0.2) is 0 Å². The molecule has 5 heteroatoms. The highest BCUT2D eigenvalue weighted by atomic mass is 35.5. The molecule has 2 rings (SSSR count). The van der Waals surface area contributed by atoms with Crippen LogP contribution in [0.2, 0.25) is 5.02 Å². The molecule has 0 heterocycles. The van der Waals surface area contributed by atoms with Crippen LogP contribution in [-0.2, 0) is 11.2 Å². The number of benzene rings is 2. The number of carbonyl (C=O) groups is 1. The van der Waals surface area contributed by atoms with Crippen LogP contribution in [0.4, 0.5) is 10.1 Å². The fourth-order valence-corrected chi connectivity index (χ4v) is 2.05. The number of methoxy groups -OCH3 is 1. The zero-order valence-corrected chi connectivity index (χ0v) is 12.3. The first-order valence-electron chi connectivity index (χ1n) is 6.46. The van der Waals surface area contributed by atoms with Gasteiger partial charge in [0.05, 0.1) is 12.8 Å². The normalized spacial score (nSPS) is 10.2. The van der Waals surface area contributed by atoms with Crippen LogP contribution in [0.25, 0.3) is 0 Å². The van der Waals surface area contributed by atoms with Gasteiger partial charge in [-0.05, 0) is 42.3 Å². The first kappa shape index (κ1) is 15.3. The molecule has 0 aliphatic carbocycles. The number of aryl methyl sites for hydroxylation is 1. The number of anilines is 1. The first-order valence-corrected chi connectivity index (χ1v) is 6.84. The average molecular weight is 308 g/mol. The lowest BCUT2D eigenvalue weighted by Gasteiger charge is -2.07. The molecule has 0 atom stereocenters. The van der Waals surface area contributed by atoms with Crippen LogP contribution < -0.4 is 10.1 Å². The number of hydrogen-bond acceptors (Lipinski definition) is 2. The minimum atomic E-state index is -0.544. The molecule has 2 aromatic carbocycles. The second kappa shape index (κ2) is 7.09. The molecule has 0 saturated heterocycles. The molecule has 110 valence electrons. The van der Waals surface area contributed by atoms with Gasteiger partial charge >= 0.3 is 0 Å². The summed E-state index contributed by atoms with van der Waals surface area (Å²) in [6.45, 7) is 0. The lowest BCUT2D eigenvalue weighted by Crippen LogP contribution is -2.13. The second-order valence-electron chi connectivity index (χ2n) is 4.52. The van der Waals surface area contributed by atoms with Crippen LogP contribution in [0.5, 0.6) is 5.75 Å². The maximum atomic E-state index is 13.6. The van der Waals surface area contributed by atoms with Crippen molar-refractivity contribution in [2.45, 2.75) is 12.8 Å². The van der Waals surface area contributed by atoms with E-state index in [0.29, 0.717) is 11.4 Å². The van der Waals surface area contributed by atoms with Crippen molar-refractivity contribution in [3.63, 3.8) is 0 Å². The lowest BCUT2D eigenvalue weighted by atomic mass is 10.1. The highest BCUT2D eigenvalue weighted by Gasteiger charge is 2.08. The molecule has 0 aromatic heterocycles. The molecular formula is C16H15ClFNO2. The largest absolute Gasteiger partial charge is 0.497 e. The number of carbonyl (C=O) groups excluding carboxylic acids is 1. The molecule has 0 unspecified atom stereocenters. The van der Waals surface area contributed by atoms with Crippen LogP contribution >= 0.6 is 11.6 Å². The van der Waals surface area contributed by atoms with Crippen molar-refractivity contribution in [2.24, 2.45) is 0 Å². The van der Waals surface area contributed by atoms with E-state index in [2.05, 4.69) is 5.32 Å². The zero-order chi connectivity index (χ0) is 15.2. The Kier molecular flexibility index (Phi) is 5.17. The second-order valence-corrected chi connectivity index (χ2v) is 4.96. The van der Waals surface area contributed by atoms with Gasteiger partial charge < -0.3 is 10.1 Å². The Morgan fingerprint density at radius 3 is 2.81 bits per heavy atom. The van der Waals surface area contributed by atoms with Crippen LogP contribution in [0.15, 0.2) is 42.5 Å². The molecule has 0 fully saturated rings. The summed E-state index contributed by atoms with van der Waals surface area (Å²) in [7, 11) is 1.59. The highest BCUT2D eigenvalue weighted by molar-refractivity contribution is 6.30. The minimum Gasteiger partial charge on any atom is -0.497 e. The van der Waals surface area contributed by atoms with Crippen LogP contribution in [0.3, 0.4) is 0 Å². The summed E-state index contributed by atoms with van der Waals surface area (Å²) in [4.78, 5) is 11.8.